The topological polar surface area (TPSA) is 65.5 Å². The van der Waals surface area contributed by atoms with E-state index in [2.05, 4.69) is 10.3 Å². The molecule has 4 saturated carbocycles. The summed E-state index contributed by atoms with van der Waals surface area (Å²) in [6.07, 6.45) is 4.26. The average molecular weight is 499 g/mol. The Bertz CT molecular complexity index is 927. The van der Waals surface area contributed by atoms with Gasteiger partial charge in [0.15, 0.2) is 0 Å². The molecule has 6 rings (SSSR count). The van der Waals surface area contributed by atoms with Crippen LogP contribution >= 0.6 is 11.6 Å². The Morgan fingerprint density at radius 2 is 1.65 bits per heavy atom. The number of hydrogen-bond acceptors (Lipinski definition) is 4. The molecular formula is C24H30ClF3N4O2. The fourth-order valence-corrected chi connectivity index (χ4v) is 7.47. The third-order valence-corrected chi connectivity index (χ3v) is 8.50. The van der Waals surface area contributed by atoms with Crippen LogP contribution in [0, 0.1) is 23.2 Å². The lowest BCUT2D eigenvalue weighted by Crippen LogP contribution is -2.52. The van der Waals surface area contributed by atoms with Gasteiger partial charge in [-0.1, -0.05) is 11.6 Å². The molecule has 2 amide bonds. The minimum Gasteiger partial charge on any atom is -0.352 e. The first kappa shape index (κ1) is 23.7. The molecule has 34 heavy (non-hydrogen) atoms. The van der Waals surface area contributed by atoms with Gasteiger partial charge in [-0.05, 0) is 67.8 Å². The van der Waals surface area contributed by atoms with Crippen molar-refractivity contribution in [2.24, 2.45) is 23.2 Å². The van der Waals surface area contributed by atoms with Crippen LogP contribution in [0.15, 0.2) is 12.3 Å². The summed E-state index contributed by atoms with van der Waals surface area (Å²) in [6.45, 7) is 1.58. The van der Waals surface area contributed by atoms with Gasteiger partial charge in [0.05, 0.1) is 17.1 Å². The van der Waals surface area contributed by atoms with Gasteiger partial charge in [0.2, 0.25) is 11.8 Å². The van der Waals surface area contributed by atoms with Crippen LogP contribution in [0.4, 0.5) is 19.0 Å². The molecule has 0 radical (unpaired) electrons. The van der Waals surface area contributed by atoms with Crippen LogP contribution in [0.25, 0.3) is 0 Å². The Morgan fingerprint density at radius 1 is 1.06 bits per heavy atom. The Hall–Kier alpha value is -2.03. The normalized spacial score (nSPS) is 30.5. The molecule has 10 heteroatoms. The number of anilines is 1. The Labute approximate surface area is 202 Å². The number of aromatic nitrogens is 1. The summed E-state index contributed by atoms with van der Waals surface area (Å²) in [5, 5.41) is 2.78. The summed E-state index contributed by atoms with van der Waals surface area (Å²) in [5.74, 6) is 2.45. The number of alkyl halides is 3. The molecule has 5 aliphatic rings. The van der Waals surface area contributed by atoms with E-state index in [1.807, 2.05) is 0 Å². The second kappa shape index (κ2) is 8.88. The highest BCUT2D eigenvalue weighted by Crippen LogP contribution is 2.61. The first-order valence-electron chi connectivity index (χ1n) is 12.1. The zero-order chi connectivity index (χ0) is 24.1. The third kappa shape index (κ3) is 4.86. The van der Waals surface area contributed by atoms with E-state index in [0.717, 1.165) is 49.3 Å². The van der Waals surface area contributed by atoms with E-state index < -0.39 is 11.7 Å². The number of halogens is 4. The smallest absolute Gasteiger partial charge is 0.352 e. The molecule has 0 aromatic carbocycles. The lowest BCUT2D eigenvalue weighted by atomic mass is 9.49. The molecule has 0 atom stereocenters. The van der Waals surface area contributed by atoms with Gasteiger partial charge in [-0.3, -0.25) is 9.59 Å². The van der Waals surface area contributed by atoms with E-state index in [0.29, 0.717) is 32.6 Å². The van der Waals surface area contributed by atoms with Gasteiger partial charge in [-0.2, -0.15) is 13.2 Å². The average Bonchev–Trinajstić information content (AvgIpc) is 2.75. The predicted octanol–water partition coefficient (Wildman–Crippen LogP) is 4.13. The molecule has 4 aliphatic carbocycles. The van der Waals surface area contributed by atoms with Crippen molar-refractivity contribution < 1.29 is 22.8 Å². The van der Waals surface area contributed by atoms with Crippen LogP contribution in [0.2, 0.25) is 5.02 Å². The quantitative estimate of drug-likeness (QED) is 0.663. The SMILES string of the molecule is O=C(CC12CC3CC(CC(C3)C1)C2)NCC(=O)N1CCN(c2ncc(C(F)(F)F)cc2Cl)CC1. The van der Waals surface area contributed by atoms with Crippen LogP contribution in [-0.4, -0.2) is 54.4 Å². The van der Waals surface area contributed by atoms with E-state index in [1.54, 1.807) is 9.80 Å². The summed E-state index contributed by atoms with van der Waals surface area (Å²) in [4.78, 5) is 32.7. The molecule has 1 saturated heterocycles. The zero-order valence-corrected chi connectivity index (χ0v) is 19.8. The van der Waals surface area contributed by atoms with Crippen molar-refractivity contribution in [3.8, 4) is 0 Å². The number of piperazine rings is 1. The number of hydrogen-bond donors (Lipinski definition) is 1. The molecule has 1 aliphatic heterocycles. The molecule has 186 valence electrons. The van der Waals surface area contributed by atoms with Gasteiger partial charge >= 0.3 is 6.18 Å². The number of carbonyl (C=O) groups is 2. The summed E-state index contributed by atoms with van der Waals surface area (Å²) in [7, 11) is 0. The maximum absolute atomic E-state index is 12.8. The Kier molecular flexibility index (Phi) is 6.19. The minimum absolute atomic E-state index is 0.0233. The van der Waals surface area contributed by atoms with Crippen LogP contribution in [0.1, 0.15) is 50.5 Å². The molecular weight excluding hydrogens is 469 g/mol. The minimum atomic E-state index is -4.50. The molecule has 0 unspecified atom stereocenters. The van der Waals surface area contributed by atoms with Crippen molar-refractivity contribution >= 4 is 29.2 Å². The highest BCUT2D eigenvalue weighted by Gasteiger charge is 2.51. The van der Waals surface area contributed by atoms with Gasteiger partial charge in [0.1, 0.15) is 5.82 Å². The van der Waals surface area contributed by atoms with Crippen molar-refractivity contribution in [2.45, 2.75) is 51.1 Å². The monoisotopic (exact) mass is 498 g/mol. The van der Waals surface area contributed by atoms with Crippen molar-refractivity contribution in [1.29, 1.82) is 0 Å². The summed E-state index contributed by atoms with van der Waals surface area (Å²) >= 11 is 6.05. The first-order chi connectivity index (χ1) is 16.1. The zero-order valence-electron chi connectivity index (χ0n) is 19.0. The van der Waals surface area contributed by atoms with Crippen molar-refractivity contribution in [2.75, 3.05) is 37.6 Å². The highest BCUT2D eigenvalue weighted by atomic mass is 35.5. The standard InChI is InChI=1S/C24H30ClF3N4O2/c25-19-8-18(24(26,27)28)13-30-22(19)32-3-1-31(2-4-32)21(34)14-29-20(33)12-23-9-15-5-16(10-23)7-17(6-15)11-23/h8,13,15-17H,1-7,9-12,14H2,(H,29,33). The number of pyridine rings is 1. The Morgan fingerprint density at radius 3 is 2.18 bits per heavy atom. The van der Waals surface area contributed by atoms with Gasteiger partial charge < -0.3 is 15.1 Å². The molecule has 1 aromatic rings. The number of amides is 2. The summed E-state index contributed by atoms with van der Waals surface area (Å²) < 4.78 is 38.5. The molecule has 1 aromatic heterocycles. The van der Waals surface area contributed by atoms with Crippen molar-refractivity contribution in [1.82, 2.24) is 15.2 Å². The van der Waals surface area contributed by atoms with Crippen LogP contribution in [0.3, 0.4) is 0 Å². The Balaban J connectivity index is 1.09. The van der Waals surface area contributed by atoms with E-state index in [-0.39, 0.29) is 34.6 Å². The number of nitrogens with zero attached hydrogens (tertiary/aromatic N) is 3. The number of nitrogens with one attached hydrogen (secondary N) is 1. The second-order valence-electron chi connectivity index (χ2n) is 10.8. The van der Waals surface area contributed by atoms with Crippen LogP contribution in [-0.2, 0) is 15.8 Å². The number of carbonyl (C=O) groups excluding carboxylic acids is 2. The van der Waals surface area contributed by atoms with E-state index >= 15 is 0 Å². The van der Waals surface area contributed by atoms with E-state index in [1.165, 1.54) is 19.3 Å². The maximum Gasteiger partial charge on any atom is 0.417 e. The molecule has 2 heterocycles. The summed E-state index contributed by atoms with van der Waals surface area (Å²) in [5.41, 5.74) is -0.749. The number of rotatable bonds is 5. The molecule has 0 spiro atoms. The van der Waals surface area contributed by atoms with Gasteiger partial charge in [-0.25, -0.2) is 4.98 Å². The fraction of sp³-hybridized carbons (Fsp3) is 0.708. The summed E-state index contributed by atoms with van der Waals surface area (Å²) in [6, 6.07) is 0.876. The molecule has 5 fully saturated rings. The van der Waals surface area contributed by atoms with Crippen LogP contribution in [0.5, 0.6) is 0 Å². The van der Waals surface area contributed by atoms with Crippen molar-refractivity contribution in [3.05, 3.63) is 22.8 Å². The molecule has 6 nitrogen and oxygen atoms in total. The first-order valence-corrected chi connectivity index (χ1v) is 12.5. The highest BCUT2D eigenvalue weighted by molar-refractivity contribution is 6.33. The van der Waals surface area contributed by atoms with E-state index in [4.69, 9.17) is 11.6 Å². The lowest BCUT2D eigenvalue weighted by Gasteiger charge is -2.56. The second-order valence-corrected chi connectivity index (χ2v) is 11.2. The largest absolute Gasteiger partial charge is 0.417 e. The maximum atomic E-state index is 12.8. The lowest BCUT2D eigenvalue weighted by molar-refractivity contribution is -0.137. The molecule has 1 N–H and O–H groups in total. The van der Waals surface area contributed by atoms with Gasteiger partial charge in [-0.15, -0.1) is 0 Å². The van der Waals surface area contributed by atoms with Crippen LogP contribution < -0.4 is 10.2 Å². The molecule has 4 bridgehead atoms. The van der Waals surface area contributed by atoms with Gasteiger partial charge in [0, 0.05) is 38.8 Å². The fourth-order valence-electron chi connectivity index (χ4n) is 7.18. The predicted molar refractivity (Wildman–Crippen MR) is 121 cm³/mol. The van der Waals surface area contributed by atoms with Crippen molar-refractivity contribution in [3.63, 3.8) is 0 Å². The van der Waals surface area contributed by atoms with E-state index in [9.17, 15) is 22.8 Å². The third-order valence-electron chi connectivity index (χ3n) is 8.22. The van der Waals surface area contributed by atoms with Gasteiger partial charge in [0.25, 0.3) is 0 Å².